The Balaban J connectivity index is 1.70. The number of nitrogens with one attached hydrogen (secondary N) is 1. The lowest BCUT2D eigenvalue weighted by Crippen LogP contribution is -2.54. The number of nitrogens with zero attached hydrogens (tertiary/aromatic N) is 1. The number of anilines is 1. The minimum Gasteiger partial charge on any atom is -0.488 e. The Hall–Kier alpha value is -3.42. The molecule has 0 aliphatic carbocycles. The van der Waals surface area contributed by atoms with Gasteiger partial charge in [0.1, 0.15) is 17.9 Å². The summed E-state index contributed by atoms with van der Waals surface area (Å²) in [4.78, 5) is 39.6. The number of rotatable bonds is 5. The van der Waals surface area contributed by atoms with Crippen LogP contribution in [0.15, 0.2) is 70.7 Å². The van der Waals surface area contributed by atoms with Crippen molar-refractivity contribution in [1.29, 1.82) is 0 Å². The predicted molar refractivity (Wildman–Crippen MR) is 135 cm³/mol. The van der Waals surface area contributed by atoms with Gasteiger partial charge in [0.15, 0.2) is 0 Å². The Morgan fingerprint density at radius 2 is 1.82 bits per heavy atom. The molecule has 172 valence electrons. The predicted octanol–water partition coefficient (Wildman–Crippen LogP) is 5.96. The number of urea groups is 1. The third-order valence-electron chi connectivity index (χ3n) is 5.26. The number of carbonyl (C=O) groups excluding carboxylic acids is 3. The molecule has 4 amide bonds. The van der Waals surface area contributed by atoms with Crippen LogP contribution in [0.5, 0.6) is 5.75 Å². The molecule has 6 nitrogen and oxygen atoms in total. The van der Waals surface area contributed by atoms with E-state index in [9.17, 15) is 14.4 Å². The maximum atomic E-state index is 13.3. The summed E-state index contributed by atoms with van der Waals surface area (Å²) in [6, 6.07) is 17.2. The zero-order chi connectivity index (χ0) is 24.4. The van der Waals surface area contributed by atoms with Crippen LogP contribution in [0.4, 0.5) is 10.5 Å². The molecule has 1 aliphatic rings. The molecule has 3 aromatic carbocycles. The number of benzene rings is 3. The highest BCUT2D eigenvalue weighted by Crippen LogP contribution is 2.30. The summed E-state index contributed by atoms with van der Waals surface area (Å²) in [6.07, 6.45) is 1.43. The molecule has 0 aromatic heterocycles. The molecule has 1 fully saturated rings. The van der Waals surface area contributed by atoms with E-state index in [1.165, 1.54) is 6.08 Å². The second-order valence-electron chi connectivity index (χ2n) is 7.85. The van der Waals surface area contributed by atoms with Gasteiger partial charge in [-0.3, -0.25) is 14.9 Å². The Kier molecular flexibility index (Phi) is 6.86. The minimum atomic E-state index is -0.785. The van der Waals surface area contributed by atoms with Crippen molar-refractivity contribution in [3.05, 3.63) is 98.0 Å². The molecular formula is C26H20BrClN2O4. The molecule has 0 unspecified atom stereocenters. The molecule has 1 heterocycles. The van der Waals surface area contributed by atoms with Gasteiger partial charge in [0.2, 0.25) is 0 Å². The highest BCUT2D eigenvalue weighted by atomic mass is 79.9. The van der Waals surface area contributed by atoms with Crippen LogP contribution in [-0.4, -0.2) is 17.8 Å². The van der Waals surface area contributed by atoms with Crippen molar-refractivity contribution in [2.45, 2.75) is 20.5 Å². The van der Waals surface area contributed by atoms with Gasteiger partial charge in [-0.05, 0) is 73.0 Å². The summed E-state index contributed by atoms with van der Waals surface area (Å²) >= 11 is 9.47. The van der Waals surface area contributed by atoms with Crippen molar-refractivity contribution in [1.82, 2.24) is 5.32 Å². The monoisotopic (exact) mass is 538 g/mol. The fourth-order valence-electron chi connectivity index (χ4n) is 3.54. The lowest BCUT2D eigenvalue weighted by Gasteiger charge is -2.28. The molecule has 0 bridgehead atoms. The van der Waals surface area contributed by atoms with Crippen molar-refractivity contribution in [2.75, 3.05) is 4.90 Å². The van der Waals surface area contributed by atoms with E-state index >= 15 is 0 Å². The summed E-state index contributed by atoms with van der Waals surface area (Å²) in [5.74, 6) is -1.01. The van der Waals surface area contributed by atoms with E-state index in [0.29, 0.717) is 22.0 Å². The first-order valence-electron chi connectivity index (χ1n) is 10.4. The fraction of sp³-hybridized carbons (Fsp3) is 0.115. The van der Waals surface area contributed by atoms with E-state index in [4.69, 9.17) is 16.3 Å². The van der Waals surface area contributed by atoms with Crippen molar-refractivity contribution in [3.63, 3.8) is 0 Å². The summed E-state index contributed by atoms with van der Waals surface area (Å²) < 4.78 is 6.70. The first-order valence-corrected chi connectivity index (χ1v) is 11.6. The normalized spacial score (nSPS) is 15.0. The average molecular weight is 540 g/mol. The van der Waals surface area contributed by atoms with Crippen LogP contribution in [0.25, 0.3) is 6.08 Å². The van der Waals surface area contributed by atoms with Gasteiger partial charge >= 0.3 is 6.03 Å². The first kappa shape index (κ1) is 23.7. The SMILES string of the molecule is Cc1ccc(C)c(N2C(=O)NC(=O)/C(=C\c3cc(Br)ccc3OCc3cccc(Cl)c3)C2=O)c1. The molecule has 1 aliphatic heterocycles. The van der Waals surface area contributed by atoms with E-state index < -0.39 is 17.8 Å². The summed E-state index contributed by atoms with van der Waals surface area (Å²) in [5, 5.41) is 2.86. The number of hydrogen-bond acceptors (Lipinski definition) is 4. The topological polar surface area (TPSA) is 75.7 Å². The lowest BCUT2D eigenvalue weighted by molar-refractivity contribution is -0.122. The zero-order valence-electron chi connectivity index (χ0n) is 18.4. The molecule has 34 heavy (non-hydrogen) atoms. The second-order valence-corrected chi connectivity index (χ2v) is 9.20. The Morgan fingerprint density at radius 3 is 2.59 bits per heavy atom. The van der Waals surface area contributed by atoms with Gasteiger partial charge in [0, 0.05) is 15.1 Å². The molecule has 3 aromatic rings. The summed E-state index contributed by atoms with van der Waals surface area (Å²) in [5.41, 5.74) is 3.24. The quantitative estimate of drug-likeness (QED) is 0.320. The molecule has 0 saturated carbocycles. The number of aryl methyl sites for hydroxylation is 2. The van der Waals surface area contributed by atoms with Crippen molar-refractivity contribution in [3.8, 4) is 5.75 Å². The Bertz CT molecular complexity index is 1350. The molecule has 1 N–H and O–H groups in total. The number of hydrogen-bond donors (Lipinski definition) is 1. The maximum absolute atomic E-state index is 13.3. The molecule has 1 saturated heterocycles. The van der Waals surface area contributed by atoms with Gasteiger partial charge in [0.05, 0.1) is 5.69 Å². The van der Waals surface area contributed by atoms with Crippen LogP contribution in [-0.2, 0) is 16.2 Å². The van der Waals surface area contributed by atoms with Gasteiger partial charge in [-0.25, -0.2) is 9.69 Å². The minimum absolute atomic E-state index is 0.175. The van der Waals surface area contributed by atoms with Gasteiger partial charge < -0.3 is 4.74 Å². The highest BCUT2D eigenvalue weighted by Gasteiger charge is 2.37. The van der Waals surface area contributed by atoms with Crippen LogP contribution in [0.1, 0.15) is 22.3 Å². The van der Waals surface area contributed by atoms with Crippen LogP contribution in [0.3, 0.4) is 0 Å². The third-order valence-corrected chi connectivity index (χ3v) is 5.99. The molecular weight excluding hydrogens is 520 g/mol. The number of carbonyl (C=O) groups is 3. The average Bonchev–Trinajstić information content (AvgIpc) is 2.78. The highest BCUT2D eigenvalue weighted by molar-refractivity contribution is 9.10. The van der Waals surface area contributed by atoms with Crippen molar-refractivity contribution < 1.29 is 19.1 Å². The second kappa shape index (κ2) is 9.83. The number of amides is 4. The van der Waals surface area contributed by atoms with Crippen LogP contribution >= 0.6 is 27.5 Å². The fourth-order valence-corrected chi connectivity index (χ4v) is 4.14. The maximum Gasteiger partial charge on any atom is 0.335 e. The Labute approximate surface area is 210 Å². The largest absolute Gasteiger partial charge is 0.488 e. The van der Waals surface area contributed by atoms with Gasteiger partial charge in [-0.2, -0.15) is 0 Å². The summed E-state index contributed by atoms with van der Waals surface area (Å²) in [6.45, 7) is 3.90. The number of imide groups is 2. The molecule has 0 spiro atoms. The van der Waals surface area contributed by atoms with Gasteiger partial charge in [0.25, 0.3) is 11.8 Å². The van der Waals surface area contributed by atoms with Crippen LogP contribution in [0.2, 0.25) is 5.02 Å². The zero-order valence-corrected chi connectivity index (χ0v) is 20.7. The first-order chi connectivity index (χ1) is 16.2. The van der Waals surface area contributed by atoms with E-state index in [0.717, 1.165) is 26.1 Å². The van der Waals surface area contributed by atoms with E-state index in [-0.39, 0.29) is 12.2 Å². The van der Waals surface area contributed by atoms with Gasteiger partial charge in [-0.15, -0.1) is 0 Å². The lowest BCUT2D eigenvalue weighted by atomic mass is 10.0. The molecule has 8 heteroatoms. The van der Waals surface area contributed by atoms with Crippen LogP contribution in [0, 0.1) is 13.8 Å². The summed E-state index contributed by atoms with van der Waals surface area (Å²) in [7, 11) is 0. The van der Waals surface area contributed by atoms with Crippen LogP contribution < -0.4 is 15.0 Å². The number of barbiturate groups is 1. The van der Waals surface area contributed by atoms with Crippen molar-refractivity contribution >= 4 is 57.1 Å². The standard InChI is InChI=1S/C26H20BrClN2O4/c1-15-6-7-16(2)22(10-15)30-25(32)21(24(31)29-26(30)33)13-18-12-19(27)8-9-23(18)34-14-17-4-3-5-20(28)11-17/h3-13H,14H2,1-2H3,(H,29,31,33)/b21-13+. The number of ether oxygens (including phenoxy) is 1. The third kappa shape index (κ3) is 5.05. The number of halogens is 2. The molecule has 0 radical (unpaired) electrons. The molecule has 0 atom stereocenters. The van der Waals surface area contributed by atoms with Gasteiger partial charge in [-0.1, -0.05) is 51.8 Å². The Morgan fingerprint density at radius 1 is 1.03 bits per heavy atom. The molecule has 4 rings (SSSR count). The van der Waals surface area contributed by atoms with E-state index in [2.05, 4.69) is 21.2 Å². The van der Waals surface area contributed by atoms with Crippen molar-refractivity contribution in [2.24, 2.45) is 0 Å². The van der Waals surface area contributed by atoms with E-state index in [1.54, 1.807) is 43.3 Å². The smallest absolute Gasteiger partial charge is 0.335 e. The van der Waals surface area contributed by atoms with E-state index in [1.807, 2.05) is 31.2 Å².